The van der Waals surface area contributed by atoms with Gasteiger partial charge in [0.2, 0.25) is 0 Å². The Kier molecular flexibility index (Phi) is 5.04. The quantitative estimate of drug-likeness (QED) is 0.426. The highest BCUT2D eigenvalue weighted by Gasteiger charge is 2.44. The summed E-state index contributed by atoms with van der Waals surface area (Å²) < 4.78 is 12.2. The molecule has 3 heterocycles. The lowest BCUT2D eigenvalue weighted by molar-refractivity contribution is -0.0514. The first kappa shape index (κ1) is 19.1. The van der Waals surface area contributed by atoms with E-state index in [1.54, 1.807) is 31.4 Å². The van der Waals surface area contributed by atoms with Gasteiger partial charge in [-0.25, -0.2) is 15.0 Å². The molecule has 10 nitrogen and oxygen atoms in total. The number of nitrogens with two attached hydrogens (primary N) is 1. The standard InChI is InChI=1S/C19H19N5O5/c1-28-11-5-2-10(3-6-11)4-7-13-23-14-17(20)21-9-22-18(14)24(13)19-16(27)15(26)12(8-25)29-19/h2-3,5-6,9,12,15-16,19,25-27H,8H2,1H3,(H2,20,21,22)/t12-,15-,16-,19-/m1/s1. The zero-order valence-electron chi connectivity index (χ0n) is 15.4. The molecule has 3 aromatic rings. The van der Waals surface area contributed by atoms with Crippen molar-refractivity contribution in [2.45, 2.75) is 24.5 Å². The Hall–Kier alpha value is -3.23. The molecule has 0 unspecified atom stereocenters. The maximum Gasteiger partial charge on any atom is 0.190 e. The molecule has 5 N–H and O–H groups in total. The molecule has 1 fully saturated rings. The molecule has 0 bridgehead atoms. The zero-order valence-corrected chi connectivity index (χ0v) is 15.4. The molecule has 1 aliphatic rings. The van der Waals surface area contributed by atoms with Crippen LogP contribution >= 0.6 is 0 Å². The van der Waals surface area contributed by atoms with Crippen LogP contribution in [0.2, 0.25) is 0 Å². The number of nitrogens with zero attached hydrogens (tertiary/aromatic N) is 4. The van der Waals surface area contributed by atoms with Crippen LogP contribution in [0.5, 0.6) is 5.75 Å². The second-order valence-corrected chi connectivity index (χ2v) is 6.44. The molecule has 150 valence electrons. The fourth-order valence-corrected chi connectivity index (χ4v) is 3.15. The number of fused-ring (bicyclic) bond motifs is 1. The molecule has 29 heavy (non-hydrogen) atoms. The lowest BCUT2D eigenvalue weighted by atomic mass is 10.1. The number of hydrogen-bond acceptors (Lipinski definition) is 9. The van der Waals surface area contributed by atoms with Crippen molar-refractivity contribution >= 4 is 17.0 Å². The highest BCUT2D eigenvalue weighted by Crippen LogP contribution is 2.33. The maximum atomic E-state index is 10.5. The fraction of sp³-hybridized carbons (Fsp3) is 0.316. The summed E-state index contributed by atoms with van der Waals surface area (Å²) in [6.07, 6.45) is -3.33. The summed E-state index contributed by atoms with van der Waals surface area (Å²) in [5.74, 6) is 6.98. The number of aromatic nitrogens is 4. The Morgan fingerprint density at radius 1 is 1.17 bits per heavy atom. The van der Waals surface area contributed by atoms with Gasteiger partial charge in [0.15, 0.2) is 29.0 Å². The summed E-state index contributed by atoms with van der Waals surface area (Å²) in [7, 11) is 1.58. The van der Waals surface area contributed by atoms with E-state index in [1.165, 1.54) is 10.9 Å². The summed E-state index contributed by atoms with van der Waals surface area (Å²) in [6.45, 7) is -0.453. The third kappa shape index (κ3) is 3.37. The molecule has 10 heteroatoms. The van der Waals surface area contributed by atoms with E-state index in [2.05, 4.69) is 26.8 Å². The third-order valence-electron chi connectivity index (χ3n) is 4.69. The predicted molar refractivity (Wildman–Crippen MR) is 102 cm³/mol. The highest BCUT2D eigenvalue weighted by molar-refractivity contribution is 5.82. The van der Waals surface area contributed by atoms with E-state index in [4.69, 9.17) is 15.2 Å². The maximum absolute atomic E-state index is 10.5. The third-order valence-corrected chi connectivity index (χ3v) is 4.69. The second-order valence-electron chi connectivity index (χ2n) is 6.44. The Morgan fingerprint density at radius 2 is 1.93 bits per heavy atom. The monoisotopic (exact) mass is 397 g/mol. The van der Waals surface area contributed by atoms with Crippen LogP contribution in [0.15, 0.2) is 30.6 Å². The number of nitrogen functional groups attached to an aromatic ring is 1. The zero-order chi connectivity index (χ0) is 20.5. The van der Waals surface area contributed by atoms with Crippen LogP contribution in [0.1, 0.15) is 17.6 Å². The van der Waals surface area contributed by atoms with Gasteiger partial charge in [-0.15, -0.1) is 0 Å². The fourth-order valence-electron chi connectivity index (χ4n) is 3.15. The Balaban J connectivity index is 1.81. The Morgan fingerprint density at radius 3 is 2.59 bits per heavy atom. The predicted octanol–water partition coefficient (Wildman–Crippen LogP) is -0.572. The smallest absolute Gasteiger partial charge is 0.190 e. The number of aliphatic hydroxyl groups is 3. The largest absolute Gasteiger partial charge is 0.497 e. The normalized spacial score (nSPS) is 23.7. The van der Waals surface area contributed by atoms with E-state index in [0.29, 0.717) is 22.5 Å². The van der Waals surface area contributed by atoms with Crippen LogP contribution in [-0.4, -0.2) is 66.9 Å². The first-order chi connectivity index (χ1) is 14.0. The van der Waals surface area contributed by atoms with Gasteiger partial charge in [-0.05, 0) is 30.2 Å². The first-order valence-corrected chi connectivity index (χ1v) is 8.80. The topological polar surface area (TPSA) is 149 Å². The second kappa shape index (κ2) is 7.65. The molecular formula is C19H19N5O5. The lowest BCUT2D eigenvalue weighted by Crippen LogP contribution is -2.33. The molecule has 0 aliphatic carbocycles. The molecule has 4 atom stereocenters. The highest BCUT2D eigenvalue weighted by atomic mass is 16.6. The SMILES string of the molecule is COc1ccc(C#Cc2nc3c(N)ncnc3n2[C@@H]2O[C@H](CO)[C@@H](O)[C@H]2O)cc1. The number of aliphatic hydroxyl groups excluding tert-OH is 3. The average molecular weight is 397 g/mol. The molecule has 0 spiro atoms. The van der Waals surface area contributed by atoms with Gasteiger partial charge < -0.3 is 30.5 Å². The molecule has 4 rings (SSSR count). The minimum atomic E-state index is -1.32. The lowest BCUT2D eigenvalue weighted by Gasteiger charge is -2.17. The molecular weight excluding hydrogens is 378 g/mol. The average Bonchev–Trinajstić information content (AvgIpc) is 3.25. The first-order valence-electron chi connectivity index (χ1n) is 8.80. The van der Waals surface area contributed by atoms with Gasteiger partial charge in [0.25, 0.3) is 0 Å². The van der Waals surface area contributed by atoms with Crippen LogP contribution in [0.3, 0.4) is 0 Å². The van der Waals surface area contributed by atoms with E-state index >= 15 is 0 Å². The van der Waals surface area contributed by atoms with Gasteiger partial charge in [-0.2, -0.15) is 0 Å². The van der Waals surface area contributed by atoms with Crippen molar-refractivity contribution in [3.8, 4) is 17.6 Å². The van der Waals surface area contributed by atoms with Crippen molar-refractivity contribution in [2.24, 2.45) is 0 Å². The summed E-state index contributed by atoms with van der Waals surface area (Å²) in [6, 6.07) is 7.14. The van der Waals surface area contributed by atoms with E-state index in [9.17, 15) is 15.3 Å². The van der Waals surface area contributed by atoms with Gasteiger partial charge in [0, 0.05) is 5.56 Å². The Bertz CT molecular complexity index is 1090. The van der Waals surface area contributed by atoms with Crippen molar-refractivity contribution in [1.82, 2.24) is 19.5 Å². The molecule has 0 radical (unpaired) electrons. The Labute approximate surface area is 165 Å². The minimum Gasteiger partial charge on any atom is -0.497 e. The van der Waals surface area contributed by atoms with E-state index in [1.807, 2.05) is 0 Å². The molecule has 1 aromatic carbocycles. The van der Waals surface area contributed by atoms with Crippen molar-refractivity contribution in [2.75, 3.05) is 19.5 Å². The molecule has 0 amide bonds. The number of imidazole rings is 1. The number of anilines is 1. The van der Waals surface area contributed by atoms with Gasteiger partial charge in [0.1, 0.15) is 30.4 Å². The summed E-state index contributed by atoms with van der Waals surface area (Å²) >= 11 is 0. The van der Waals surface area contributed by atoms with Crippen molar-refractivity contribution in [3.63, 3.8) is 0 Å². The van der Waals surface area contributed by atoms with Crippen molar-refractivity contribution < 1.29 is 24.8 Å². The number of benzene rings is 1. The van der Waals surface area contributed by atoms with Crippen LogP contribution < -0.4 is 10.5 Å². The van der Waals surface area contributed by atoms with Crippen LogP contribution in [-0.2, 0) is 4.74 Å². The molecule has 1 aliphatic heterocycles. The van der Waals surface area contributed by atoms with E-state index in [0.717, 1.165) is 0 Å². The summed E-state index contributed by atoms with van der Waals surface area (Å²) in [5.41, 5.74) is 7.22. The van der Waals surface area contributed by atoms with Gasteiger partial charge in [0.05, 0.1) is 13.7 Å². The van der Waals surface area contributed by atoms with Crippen LogP contribution in [0.4, 0.5) is 5.82 Å². The van der Waals surface area contributed by atoms with Gasteiger partial charge in [-0.3, -0.25) is 4.57 Å². The number of methoxy groups -OCH3 is 1. The minimum absolute atomic E-state index is 0.146. The molecule has 0 saturated carbocycles. The van der Waals surface area contributed by atoms with Crippen LogP contribution in [0, 0.1) is 11.8 Å². The number of hydrogen-bond donors (Lipinski definition) is 4. The van der Waals surface area contributed by atoms with Gasteiger partial charge >= 0.3 is 0 Å². The van der Waals surface area contributed by atoms with Crippen molar-refractivity contribution in [3.05, 3.63) is 42.0 Å². The molecule has 2 aromatic heterocycles. The van der Waals surface area contributed by atoms with E-state index < -0.39 is 31.1 Å². The summed E-state index contributed by atoms with van der Waals surface area (Å²) in [5, 5.41) is 30.0. The summed E-state index contributed by atoms with van der Waals surface area (Å²) in [4.78, 5) is 12.5. The van der Waals surface area contributed by atoms with Crippen LogP contribution in [0.25, 0.3) is 11.2 Å². The van der Waals surface area contributed by atoms with Gasteiger partial charge in [-0.1, -0.05) is 5.92 Å². The number of ether oxygens (including phenoxy) is 2. The molecule has 1 saturated heterocycles. The van der Waals surface area contributed by atoms with Crippen molar-refractivity contribution in [1.29, 1.82) is 0 Å². The number of rotatable bonds is 3. The van der Waals surface area contributed by atoms with E-state index in [-0.39, 0.29) is 11.6 Å².